The van der Waals surface area contributed by atoms with Crippen LogP contribution in [0.25, 0.3) is 11.1 Å². The van der Waals surface area contributed by atoms with Gasteiger partial charge in [-0.15, -0.1) is 0 Å². The maximum absolute atomic E-state index is 13.2. The summed E-state index contributed by atoms with van der Waals surface area (Å²) in [6.07, 6.45) is 1.74. The summed E-state index contributed by atoms with van der Waals surface area (Å²) >= 11 is 1.54. The van der Waals surface area contributed by atoms with Crippen molar-refractivity contribution in [1.29, 1.82) is 0 Å². The third kappa shape index (κ3) is 5.07. The molecule has 0 aliphatic heterocycles. The summed E-state index contributed by atoms with van der Waals surface area (Å²) in [5.41, 5.74) is 9.17. The number of hydrogen-bond acceptors (Lipinski definition) is 5. The highest BCUT2D eigenvalue weighted by Gasteiger charge is 2.10. The molecule has 0 saturated heterocycles. The highest BCUT2D eigenvalue weighted by molar-refractivity contribution is 7.99. The van der Waals surface area contributed by atoms with Crippen molar-refractivity contribution in [3.8, 4) is 17.0 Å². The van der Waals surface area contributed by atoms with Crippen LogP contribution in [0.1, 0.15) is 10.4 Å². The average Bonchev–Trinajstić information content (AvgIpc) is 2.82. The number of halogens is 1. The van der Waals surface area contributed by atoms with Crippen molar-refractivity contribution >= 4 is 29.0 Å². The Hall–Kier alpha value is -3.84. The van der Waals surface area contributed by atoms with Crippen molar-refractivity contribution in [2.24, 2.45) is 0 Å². The van der Waals surface area contributed by atoms with Gasteiger partial charge in [-0.1, -0.05) is 30.0 Å². The summed E-state index contributed by atoms with van der Waals surface area (Å²) in [5, 5.41) is 2.86. The SMILES string of the molecule is COc1ccc(Sc2ccc(C(=O)Nc3cc(-c4ccc(F)cc4)ccc3N)cc2)cn1. The van der Waals surface area contributed by atoms with E-state index in [1.165, 1.54) is 23.9 Å². The van der Waals surface area contributed by atoms with E-state index in [0.717, 1.165) is 20.9 Å². The summed E-state index contributed by atoms with van der Waals surface area (Å²) in [5.74, 6) is -0.0117. The van der Waals surface area contributed by atoms with Crippen LogP contribution in [0.3, 0.4) is 0 Å². The molecule has 0 aliphatic carbocycles. The second kappa shape index (κ2) is 9.53. The first kappa shape index (κ1) is 21.4. The number of benzene rings is 3. The van der Waals surface area contributed by atoms with Gasteiger partial charge in [0, 0.05) is 27.6 Å². The van der Waals surface area contributed by atoms with E-state index in [4.69, 9.17) is 10.5 Å². The van der Waals surface area contributed by atoms with Crippen molar-refractivity contribution in [2.75, 3.05) is 18.2 Å². The Labute approximate surface area is 189 Å². The van der Waals surface area contributed by atoms with Crippen molar-refractivity contribution < 1.29 is 13.9 Å². The first-order chi connectivity index (χ1) is 15.5. The van der Waals surface area contributed by atoms with Crippen LogP contribution in [0.2, 0.25) is 0 Å². The molecule has 32 heavy (non-hydrogen) atoms. The molecule has 0 fully saturated rings. The zero-order valence-electron chi connectivity index (χ0n) is 17.2. The van der Waals surface area contributed by atoms with Gasteiger partial charge in [0.25, 0.3) is 5.91 Å². The number of nitrogen functional groups attached to an aromatic ring is 1. The minimum Gasteiger partial charge on any atom is -0.481 e. The van der Waals surface area contributed by atoms with Gasteiger partial charge < -0.3 is 15.8 Å². The number of ether oxygens (including phenoxy) is 1. The normalized spacial score (nSPS) is 10.6. The molecular formula is C25H20FN3O2S. The maximum atomic E-state index is 13.2. The highest BCUT2D eigenvalue weighted by atomic mass is 32.2. The number of anilines is 2. The Morgan fingerprint density at radius 2 is 1.62 bits per heavy atom. The quantitative estimate of drug-likeness (QED) is 0.362. The molecule has 4 rings (SSSR count). The lowest BCUT2D eigenvalue weighted by Gasteiger charge is -2.11. The second-order valence-corrected chi connectivity index (χ2v) is 8.07. The molecule has 0 spiro atoms. The molecule has 0 unspecified atom stereocenters. The number of carbonyl (C=O) groups is 1. The summed E-state index contributed by atoms with van der Waals surface area (Å²) in [6, 6.07) is 22.5. The molecule has 0 saturated carbocycles. The molecule has 1 amide bonds. The lowest BCUT2D eigenvalue weighted by molar-refractivity contribution is 0.102. The van der Waals surface area contributed by atoms with E-state index < -0.39 is 0 Å². The predicted octanol–water partition coefficient (Wildman–Crippen LogP) is 5.88. The van der Waals surface area contributed by atoms with Gasteiger partial charge in [-0.05, 0) is 65.7 Å². The largest absolute Gasteiger partial charge is 0.481 e. The fourth-order valence-corrected chi connectivity index (χ4v) is 3.83. The van der Waals surface area contributed by atoms with E-state index in [9.17, 15) is 9.18 Å². The summed E-state index contributed by atoms with van der Waals surface area (Å²) < 4.78 is 18.3. The van der Waals surface area contributed by atoms with Crippen molar-refractivity contribution in [3.05, 3.63) is 96.4 Å². The van der Waals surface area contributed by atoms with Crippen molar-refractivity contribution in [2.45, 2.75) is 9.79 Å². The van der Waals surface area contributed by atoms with Crippen LogP contribution < -0.4 is 15.8 Å². The van der Waals surface area contributed by atoms with Gasteiger partial charge in [-0.25, -0.2) is 9.37 Å². The van der Waals surface area contributed by atoms with Crippen LogP contribution >= 0.6 is 11.8 Å². The smallest absolute Gasteiger partial charge is 0.255 e. The lowest BCUT2D eigenvalue weighted by Crippen LogP contribution is -2.13. The van der Waals surface area contributed by atoms with Crippen LogP contribution in [0.4, 0.5) is 15.8 Å². The van der Waals surface area contributed by atoms with Gasteiger partial charge in [-0.2, -0.15) is 0 Å². The summed E-state index contributed by atoms with van der Waals surface area (Å²) in [4.78, 5) is 18.9. The number of carbonyl (C=O) groups excluding carboxylic acids is 1. The zero-order chi connectivity index (χ0) is 22.5. The molecule has 5 nitrogen and oxygen atoms in total. The van der Waals surface area contributed by atoms with Crippen LogP contribution in [0, 0.1) is 5.82 Å². The fourth-order valence-electron chi connectivity index (χ4n) is 3.04. The molecule has 3 N–H and O–H groups in total. The average molecular weight is 446 g/mol. The van der Waals surface area contributed by atoms with Crippen molar-refractivity contribution in [1.82, 2.24) is 4.98 Å². The molecule has 0 aliphatic rings. The molecule has 4 aromatic rings. The molecule has 3 aromatic carbocycles. The highest BCUT2D eigenvalue weighted by Crippen LogP contribution is 2.30. The van der Waals surface area contributed by atoms with Gasteiger partial charge in [-0.3, -0.25) is 4.79 Å². The number of amides is 1. The summed E-state index contributed by atoms with van der Waals surface area (Å²) in [7, 11) is 1.57. The Morgan fingerprint density at radius 3 is 2.28 bits per heavy atom. The minimum atomic E-state index is -0.303. The molecular weight excluding hydrogens is 425 g/mol. The fraction of sp³-hybridized carbons (Fsp3) is 0.0400. The topological polar surface area (TPSA) is 77.2 Å². The van der Waals surface area contributed by atoms with Crippen molar-refractivity contribution in [3.63, 3.8) is 0 Å². The number of aromatic nitrogens is 1. The van der Waals surface area contributed by atoms with Crippen LogP contribution in [-0.4, -0.2) is 18.0 Å². The minimum absolute atomic E-state index is 0.268. The number of rotatable bonds is 6. The lowest BCUT2D eigenvalue weighted by atomic mass is 10.0. The summed E-state index contributed by atoms with van der Waals surface area (Å²) in [6.45, 7) is 0. The standard InChI is InChI=1S/C25H20FN3O2S/c1-31-24-13-11-21(15-28-24)32-20-9-4-17(5-10-20)25(30)29-23-14-18(6-12-22(23)27)16-2-7-19(26)8-3-16/h2-15H,27H2,1H3,(H,29,30). The van der Waals surface area contributed by atoms with Crippen LogP contribution in [0.5, 0.6) is 5.88 Å². The Kier molecular flexibility index (Phi) is 6.37. The van der Waals surface area contributed by atoms with E-state index in [-0.39, 0.29) is 11.7 Å². The van der Waals surface area contributed by atoms with Gasteiger partial charge in [0.1, 0.15) is 5.82 Å². The predicted molar refractivity (Wildman–Crippen MR) is 126 cm³/mol. The maximum Gasteiger partial charge on any atom is 0.255 e. The second-order valence-electron chi connectivity index (χ2n) is 6.93. The Morgan fingerprint density at radius 1 is 0.938 bits per heavy atom. The number of methoxy groups -OCH3 is 1. The van der Waals surface area contributed by atoms with Gasteiger partial charge >= 0.3 is 0 Å². The monoisotopic (exact) mass is 445 g/mol. The molecule has 7 heteroatoms. The van der Waals surface area contributed by atoms with E-state index in [1.807, 2.05) is 24.3 Å². The van der Waals surface area contributed by atoms with E-state index >= 15 is 0 Å². The Balaban J connectivity index is 1.46. The molecule has 160 valence electrons. The molecule has 1 heterocycles. The molecule has 0 bridgehead atoms. The van der Waals surface area contributed by atoms with Gasteiger partial charge in [0.05, 0.1) is 18.5 Å². The van der Waals surface area contributed by atoms with E-state index in [1.54, 1.807) is 55.8 Å². The number of pyridine rings is 1. The third-order valence-corrected chi connectivity index (χ3v) is 5.73. The molecule has 0 radical (unpaired) electrons. The number of hydrogen-bond donors (Lipinski definition) is 2. The first-order valence-corrected chi connectivity index (χ1v) is 10.6. The van der Waals surface area contributed by atoms with Crippen LogP contribution in [-0.2, 0) is 0 Å². The van der Waals surface area contributed by atoms with Gasteiger partial charge in [0.15, 0.2) is 0 Å². The number of nitrogens with two attached hydrogens (primary N) is 1. The Bertz CT molecular complexity index is 1230. The van der Waals surface area contributed by atoms with Crippen LogP contribution in [0.15, 0.2) is 94.9 Å². The van der Waals surface area contributed by atoms with Gasteiger partial charge in [0.2, 0.25) is 5.88 Å². The number of nitrogens with one attached hydrogen (secondary N) is 1. The molecule has 0 atom stereocenters. The zero-order valence-corrected chi connectivity index (χ0v) is 18.0. The van der Waals surface area contributed by atoms with E-state index in [2.05, 4.69) is 10.3 Å². The van der Waals surface area contributed by atoms with E-state index in [0.29, 0.717) is 22.8 Å². The first-order valence-electron chi connectivity index (χ1n) is 9.76. The molecule has 1 aromatic heterocycles. The number of nitrogens with zero attached hydrogens (tertiary/aromatic N) is 1. The third-order valence-electron chi connectivity index (χ3n) is 4.75.